The first-order valence-corrected chi connectivity index (χ1v) is 5.67. The van der Waals surface area contributed by atoms with Crippen LogP contribution in [-0.4, -0.2) is 27.1 Å². The molecule has 0 aliphatic rings. The van der Waals surface area contributed by atoms with Crippen molar-refractivity contribution in [2.24, 2.45) is 0 Å². The summed E-state index contributed by atoms with van der Waals surface area (Å²) >= 11 is -1.90. The molecule has 0 aliphatic carbocycles. The molecule has 0 bridgehead atoms. The topological polar surface area (TPSA) is 63.6 Å². The number of ether oxygens (including phenoxy) is 1. The molecule has 0 rings (SSSR count). The molecule has 0 fully saturated rings. The third-order valence-electron chi connectivity index (χ3n) is 1.49. The van der Waals surface area contributed by atoms with Crippen molar-refractivity contribution in [1.29, 1.82) is 0 Å². The number of unbranched alkanes of at least 4 members (excludes halogenated alkanes) is 2. The molecule has 0 spiro atoms. The first-order chi connectivity index (χ1) is 6.16. The van der Waals surface area contributed by atoms with E-state index in [2.05, 4.69) is 6.92 Å². The van der Waals surface area contributed by atoms with Crippen LogP contribution in [0.3, 0.4) is 0 Å². The number of esters is 1. The number of carbonyl (C=O) groups excluding carboxylic acids is 1. The highest BCUT2D eigenvalue weighted by Gasteiger charge is 2.04. The molecular formula is C8H16O4S. The van der Waals surface area contributed by atoms with E-state index in [0.717, 1.165) is 19.3 Å². The molecule has 0 aromatic heterocycles. The average molecular weight is 208 g/mol. The molecule has 13 heavy (non-hydrogen) atoms. The van der Waals surface area contributed by atoms with Crippen LogP contribution in [0.1, 0.15) is 32.6 Å². The zero-order valence-electron chi connectivity index (χ0n) is 7.82. The van der Waals surface area contributed by atoms with Gasteiger partial charge in [0.05, 0.1) is 18.8 Å². The third-order valence-corrected chi connectivity index (χ3v) is 2.05. The summed E-state index contributed by atoms with van der Waals surface area (Å²) in [4.78, 5) is 10.8. The highest BCUT2D eigenvalue weighted by Crippen LogP contribution is 1.96. The van der Waals surface area contributed by atoms with E-state index in [1.54, 1.807) is 0 Å². The Labute approximate surface area is 80.9 Å². The average Bonchev–Trinajstić information content (AvgIpc) is 2.09. The Morgan fingerprint density at radius 1 is 1.46 bits per heavy atom. The molecular weight excluding hydrogens is 192 g/mol. The van der Waals surface area contributed by atoms with Crippen LogP contribution in [0.2, 0.25) is 0 Å². The van der Waals surface area contributed by atoms with Crippen molar-refractivity contribution in [3.63, 3.8) is 0 Å². The Hall–Kier alpha value is -0.420. The summed E-state index contributed by atoms with van der Waals surface area (Å²) in [7, 11) is 0. The fourth-order valence-electron chi connectivity index (χ4n) is 0.781. The van der Waals surface area contributed by atoms with Gasteiger partial charge in [0, 0.05) is 0 Å². The Morgan fingerprint density at radius 2 is 2.15 bits per heavy atom. The molecule has 0 heterocycles. The van der Waals surface area contributed by atoms with Crippen LogP contribution in [0.5, 0.6) is 0 Å². The molecule has 0 saturated carbocycles. The number of carbonyl (C=O) groups is 1. The zero-order valence-corrected chi connectivity index (χ0v) is 8.64. The highest BCUT2D eigenvalue weighted by atomic mass is 32.2. The quantitative estimate of drug-likeness (QED) is 0.389. The standard InChI is InChI=1S/C8H16O4S/c1-2-3-4-6-12-8(9)5-7-13(10)11/h2-7H2,1H3,(H,10,11). The molecule has 0 saturated heterocycles. The molecule has 0 amide bonds. The SMILES string of the molecule is CCCCCOC(=O)CCS(=O)O. The number of hydrogen-bond acceptors (Lipinski definition) is 3. The van der Waals surface area contributed by atoms with Crippen LogP contribution in [0.4, 0.5) is 0 Å². The lowest BCUT2D eigenvalue weighted by atomic mass is 10.3. The molecule has 5 heteroatoms. The van der Waals surface area contributed by atoms with Crippen LogP contribution in [0.15, 0.2) is 0 Å². The summed E-state index contributed by atoms with van der Waals surface area (Å²) in [5.41, 5.74) is 0. The second-order valence-electron chi connectivity index (χ2n) is 2.70. The second kappa shape index (κ2) is 8.19. The minimum Gasteiger partial charge on any atom is -0.466 e. The van der Waals surface area contributed by atoms with Crippen molar-refractivity contribution in [1.82, 2.24) is 0 Å². The van der Waals surface area contributed by atoms with Gasteiger partial charge in [-0.15, -0.1) is 0 Å². The fourth-order valence-corrected chi connectivity index (χ4v) is 1.12. The highest BCUT2D eigenvalue weighted by molar-refractivity contribution is 7.79. The Kier molecular flexibility index (Phi) is 7.93. The van der Waals surface area contributed by atoms with Gasteiger partial charge in [-0.05, 0) is 6.42 Å². The second-order valence-corrected chi connectivity index (χ2v) is 3.75. The van der Waals surface area contributed by atoms with Gasteiger partial charge in [0.2, 0.25) is 0 Å². The van der Waals surface area contributed by atoms with Gasteiger partial charge >= 0.3 is 5.97 Å². The summed E-state index contributed by atoms with van der Waals surface area (Å²) in [6.07, 6.45) is 3.01. The van der Waals surface area contributed by atoms with Gasteiger partial charge in [-0.1, -0.05) is 19.8 Å². The smallest absolute Gasteiger partial charge is 0.306 e. The molecule has 1 unspecified atom stereocenters. The van der Waals surface area contributed by atoms with E-state index < -0.39 is 17.0 Å². The van der Waals surface area contributed by atoms with E-state index in [9.17, 15) is 9.00 Å². The van der Waals surface area contributed by atoms with Gasteiger partial charge in [0.25, 0.3) is 0 Å². The lowest BCUT2D eigenvalue weighted by Crippen LogP contribution is -2.09. The van der Waals surface area contributed by atoms with Gasteiger partial charge in [-0.25, -0.2) is 4.21 Å². The van der Waals surface area contributed by atoms with Crippen LogP contribution >= 0.6 is 0 Å². The van der Waals surface area contributed by atoms with Crippen LogP contribution in [0, 0.1) is 0 Å². The molecule has 4 nitrogen and oxygen atoms in total. The van der Waals surface area contributed by atoms with Crippen molar-refractivity contribution in [3.05, 3.63) is 0 Å². The van der Waals surface area contributed by atoms with Crippen molar-refractivity contribution in [3.8, 4) is 0 Å². The minimum atomic E-state index is -1.90. The monoisotopic (exact) mass is 208 g/mol. The van der Waals surface area contributed by atoms with Gasteiger partial charge in [0.15, 0.2) is 11.1 Å². The van der Waals surface area contributed by atoms with Crippen LogP contribution in [-0.2, 0) is 20.6 Å². The van der Waals surface area contributed by atoms with Crippen molar-refractivity contribution in [2.75, 3.05) is 12.4 Å². The predicted molar refractivity (Wildman–Crippen MR) is 50.7 cm³/mol. The maximum absolute atomic E-state index is 10.8. The summed E-state index contributed by atoms with van der Waals surface area (Å²) in [5, 5.41) is 0. The summed E-state index contributed by atoms with van der Waals surface area (Å²) in [6, 6.07) is 0. The van der Waals surface area contributed by atoms with E-state index in [4.69, 9.17) is 9.29 Å². The Morgan fingerprint density at radius 3 is 2.69 bits per heavy atom. The van der Waals surface area contributed by atoms with Gasteiger partial charge in [0.1, 0.15) is 0 Å². The summed E-state index contributed by atoms with van der Waals surface area (Å²) in [5.74, 6) is -0.425. The third kappa shape index (κ3) is 9.49. The first-order valence-electron chi connectivity index (χ1n) is 4.40. The molecule has 0 aromatic rings. The van der Waals surface area contributed by atoms with Crippen LogP contribution in [0.25, 0.3) is 0 Å². The maximum Gasteiger partial charge on any atom is 0.306 e. The normalized spacial score (nSPS) is 12.5. The molecule has 78 valence electrons. The molecule has 0 aliphatic heterocycles. The van der Waals surface area contributed by atoms with E-state index in [1.165, 1.54) is 0 Å². The molecule has 1 atom stereocenters. The molecule has 0 aromatic carbocycles. The molecule has 1 N–H and O–H groups in total. The fraction of sp³-hybridized carbons (Fsp3) is 0.875. The van der Waals surface area contributed by atoms with E-state index >= 15 is 0 Å². The largest absolute Gasteiger partial charge is 0.466 e. The van der Waals surface area contributed by atoms with E-state index in [1.807, 2.05) is 0 Å². The van der Waals surface area contributed by atoms with Gasteiger partial charge in [-0.3, -0.25) is 4.79 Å². The van der Waals surface area contributed by atoms with E-state index in [-0.39, 0.29) is 12.2 Å². The van der Waals surface area contributed by atoms with Crippen molar-refractivity contribution in [2.45, 2.75) is 32.6 Å². The maximum atomic E-state index is 10.8. The van der Waals surface area contributed by atoms with Crippen molar-refractivity contribution < 1.29 is 18.3 Å². The predicted octanol–water partition coefficient (Wildman–Crippen LogP) is 1.33. The van der Waals surface area contributed by atoms with Crippen LogP contribution < -0.4 is 0 Å². The summed E-state index contributed by atoms with van der Waals surface area (Å²) in [6.45, 7) is 2.49. The Bertz CT molecular complexity index is 170. The van der Waals surface area contributed by atoms with Gasteiger partial charge in [-0.2, -0.15) is 0 Å². The lowest BCUT2D eigenvalue weighted by molar-refractivity contribution is -0.143. The molecule has 0 radical (unpaired) electrons. The van der Waals surface area contributed by atoms with Gasteiger partial charge < -0.3 is 9.29 Å². The van der Waals surface area contributed by atoms with E-state index in [0.29, 0.717) is 6.61 Å². The number of hydrogen-bond donors (Lipinski definition) is 1. The minimum absolute atomic E-state index is 0.0231. The first kappa shape index (κ1) is 12.6. The zero-order chi connectivity index (χ0) is 10.1. The number of rotatable bonds is 7. The lowest BCUT2D eigenvalue weighted by Gasteiger charge is -2.02. The Balaban J connectivity index is 3.25. The summed E-state index contributed by atoms with van der Waals surface area (Å²) < 4.78 is 23.4. The van der Waals surface area contributed by atoms with Crippen molar-refractivity contribution >= 4 is 17.0 Å².